The standard InChI is InChI=1S/C11H16N2O3.C5H10O2/c1-16-10-4-2-3-8(13-10)11(15)5-6-12-7-9(11)14;1-5(2,3)7-4-6/h2-4,9,12,14-15H,5-7H2,1H3;4H,1-3H3. The fraction of sp³-hybridized carbons (Fsp3) is 0.625. The number of carbonyl (C=O) groups is 1. The molecular weight excluding hydrogens is 300 g/mol. The summed E-state index contributed by atoms with van der Waals surface area (Å²) in [5.41, 5.74) is -1.14. The van der Waals surface area contributed by atoms with Gasteiger partial charge >= 0.3 is 0 Å². The van der Waals surface area contributed by atoms with E-state index in [1.165, 1.54) is 7.11 Å². The number of nitrogens with zero attached hydrogens (tertiary/aromatic N) is 1. The van der Waals surface area contributed by atoms with Crippen LogP contribution in [-0.2, 0) is 15.1 Å². The minimum Gasteiger partial charge on any atom is -0.481 e. The minimum absolute atomic E-state index is 0.318. The summed E-state index contributed by atoms with van der Waals surface area (Å²) in [6.07, 6.45) is -0.408. The lowest BCUT2D eigenvalue weighted by molar-refractivity contribution is -0.138. The van der Waals surface area contributed by atoms with E-state index < -0.39 is 11.7 Å². The van der Waals surface area contributed by atoms with Gasteiger partial charge in [0.15, 0.2) is 0 Å². The van der Waals surface area contributed by atoms with E-state index in [2.05, 4.69) is 15.0 Å². The van der Waals surface area contributed by atoms with Crippen LogP contribution in [-0.4, -0.2) is 53.6 Å². The summed E-state index contributed by atoms with van der Waals surface area (Å²) in [4.78, 5) is 13.8. The Morgan fingerprint density at radius 3 is 2.61 bits per heavy atom. The van der Waals surface area contributed by atoms with Crippen molar-refractivity contribution in [1.82, 2.24) is 10.3 Å². The van der Waals surface area contributed by atoms with E-state index in [0.717, 1.165) is 0 Å². The van der Waals surface area contributed by atoms with Crippen molar-refractivity contribution in [3.8, 4) is 5.88 Å². The highest BCUT2D eigenvalue weighted by Gasteiger charge is 2.40. The first-order valence-corrected chi connectivity index (χ1v) is 7.47. The number of hydrogen-bond donors (Lipinski definition) is 3. The fourth-order valence-corrected chi connectivity index (χ4v) is 2.07. The second kappa shape index (κ2) is 8.24. The number of carbonyl (C=O) groups excluding carboxylic acids is 1. The number of aliphatic hydroxyl groups excluding tert-OH is 1. The minimum atomic E-state index is -1.28. The number of pyridine rings is 1. The number of ether oxygens (including phenoxy) is 2. The zero-order chi connectivity index (χ0) is 17.5. The van der Waals surface area contributed by atoms with E-state index in [0.29, 0.717) is 37.6 Å². The second-order valence-corrected chi connectivity index (χ2v) is 6.29. The van der Waals surface area contributed by atoms with Crippen LogP contribution in [0.25, 0.3) is 0 Å². The molecule has 1 aromatic rings. The smallest absolute Gasteiger partial charge is 0.293 e. The van der Waals surface area contributed by atoms with Crippen LogP contribution >= 0.6 is 0 Å². The van der Waals surface area contributed by atoms with Crippen LogP contribution in [0.2, 0.25) is 0 Å². The van der Waals surface area contributed by atoms with Gasteiger partial charge in [0.25, 0.3) is 6.47 Å². The molecule has 0 bridgehead atoms. The summed E-state index contributed by atoms with van der Waals surface area (Å²) >= 11 is 0. The summed E-state index contributed by atoms with van der Waals surface area (Å²) in [5.74, 6) is 0.441. The molecule has 0 aromatic carbocycles. The van der Waals surface area contributed by atoms with Crippen LogP contribution in [0.5, 0.6) is 5.88 Å². The van der Waals surface area contributed by atoms with Crippen LogP contribution in [0.1, 0.15) is 32.9 Å². The molecular formula is C16H26N2O5. The normalized spacial score (nSPS) is 24.2. The lowest BCUT2D eigenvalue weighted by atomic mass is 9.86. The predicted molar refractivity (Wildman–Crippen MR) is 85.1 cm³/mol. The van der Waals surface area contributed by atoms with Gasteiger partial charge < -0.3 is 25.0 Å². The van der Waals surface area contributed by atoms with Crippen molar-refractivity contribution in [2.24, 2.45) is 0 Å². The fourth-order valence-electron chi connectivity index (χ4n) is 2.07. The highest BCUT2D eigenvalue weighted by molar-refractivity contribution is 5.37. The number of piperidine rings is 1. The molecule has 1 aliphatic rings. The summed E-state index contributed by atoms with van der Waals surface area (Å²) in [6, 6.07) is 5.17. The Morgan fingerprint density at radius 1 is 1.43 bits per heavy atom. The van der Waals surface area contributed by atoms with E-state index in [4.69, 9.17) is 4.74 Å². The SMILES string of the molecule is CC(C)(C)OC=O.COc1cccc(C2(O)CCNCC2O)n1. The van der Waals surface area contributed by atoms with Gasteiger partial charge in [-0.05, 0) is 39.8 Å². The summed E-state index contributed by atoms with van der Waals surface area (Å²) in [6.45, 7) is 6.95. The van der Waals surface area contributed by atoms with Gasteiger partial charge in [0, 0.05) is 12.6 Å². The molecule has 0 radical (unpaired) electrons. The number of nitrogens with one attached hydrogen (secondary N) is 1. The lowest BCUT2D eigenvalue weighted by Crippen LogP contribution is -2.52. The molecule has 0 spiro atoms. The summed E-state index contributed by atoms with van der Waals surface area (Å²) in [5, 5.41) is 23.3. The number of hydrogen-bond acceptors (Lipinski definition) is 7. The Labute approximate surface area is 136 Å². The third-order valence-corrected chi connectivity index (χ3v) is 3.35. The number of rotatable bonds is 3. The molecule has 7 heteroatoms. The Morgan fingerprint density at radius 2 is 2.13 bits per heavy atom. The number of methoxy groups -OCH3 is 1. The zero-order valence-electron chi connectivity index (χ0n) is 14.1. The van der Waals surface area contributed by atoms with E-state index in [1.807, 2.05) is 20.8 Å². The number of β-amino-alcohol motifs (C(OH)–C–C–N with tert-alkyl or cyclic N) is 1. The van der Waals surface area contributed by atoms with Gasteiger partial charge in [-0.25, -0.2) is 4.98 Å². The van der Waals surface area contributed by atoms with Gasteiger partial charge in [0.1, 0.15) is 17.3 Å². The van der Waals surface area contributed by atoms with Crippen LogP contribution < -0.4 is 10.1 Å². The molecule has 1 fully saturated rings. The van der Waals surface area contributed by atoms with Crippen LogP contribution in [0, 0.1) is 0 Å². The van der Waals surface area contributed by atoms with Crippen LogP contribution in [0.3, 0.4) is 0 Å². The van der Waals surface area contributed by atoms with Crippen LogP contribution in [0.4, 0.5) is 0 Å². The molecule has 1 saturated heterocycles. The van der Waals surface area contributed by atoms with Gasteiger partial charge in [-0.3, -0.25) is 4.79 Å². The maximum Gasteiger partial charge on any atom is 0.293 e. The monoisotopic (exact) mass is 326 g/mol. The van der Waals surface area contributed by atoms with Crippen molar-refractivity contribution in [2.75, 3.05) is 20.2 Å². The highest BCUT2D eigenvalue weighted by atomic mass is 16.5. The van der Waals surface area contributed by atoms with Gasteiger partial charge in [-0.15, -0.1) is 0 Å². The Bertz CT molecular complexity index is 503. The topological polar surface area (TPSA) is 101 Å². The highest BCUT2D eigenvalue weighted by Crippen LogP contribution is 2.30. The number of aromatic nitrogens is 1. The van der Waals surface area contributed by atoms with E-state index in [9.17, 15) is 15.0 Å². The molecule has 2 atom stereocenters. The predicted octanol–water partition coefficient (Wildman–Crippen LogP) is 0.590. The van der Waals surface area contributed by atoms with Gasteiger partial charge in [-0.1, -0.05) is 6.07 Å². The van der Waals surface area contributed by atoms with E-state index in [1.54, 1.807) is 18.2 Å². The molecule has 2 unspecified atom stereocenters. The third-order valence-electron chi connectivity index (χ3n) is 3.35. The summed E-state index contributed by atoms with van der Waals surface area (Å²) < 4.78 is 9.56. The van der Waals surface area contributed by atoms with Crippen molar-refractivity contribution in [1.29, 1.82) is 0 Å². The molecule has 1 aliphatic heterocycles. The number of aliphatic hydroxyl groups is 2. The van der Waals surface area contributed by atoms with Crippen LogP contribution in [0.15, 0.2) is 18.2 Å². The zero-order valence-corrected chi connectivity index (χ0v) is 14.1. The van der Waals surface area contributed by atoms with E-state index >= 15 is 0 Å². The maximum atomic E-state index is 10.4. The molecule has 130 valence electrons. The average molecular weight is 326 g/mol. The van der Waals surface area contributed by atoms with Crippen molar-refractivity contribution >= 4 is 6.47 Å². The molecule has 0 aliphatic carbocycles. The quantitative estimate of drug-likeness (QED) is 0.699. The van der Waals surface area contributed by atoms with Gasteiger partial charge in [0.05, 0.1) is 12.8 Å². The first kappa shape index (κ1) is 19.3. The molecule has 23 heavy (non-hydrogen) atoms. The molecule has 7 nitrogen and oxygen atoms in total. The maximum absolute atomic E-state index is 10.4. The third kappa shape index (κ3) is 5.78. The van der Waals surface area contributed by atoms with Gasteiger partial charge in [0.2, 0.25) is 5.88 Å². The Kier molecular flexibility index (Phi) is 6.93. The Balaban J connectivity index is 0.000000322. The average Bonchev–Trinajstić information content (AvgIpc) is 2.50. The lowest BCUT2D eigenvalue weighted by Gasteiger charge is -2.36. The molecule has 2 rings (SSSR count). The largest absolute Gasteiger partial charge is 0.481 e. The van der Waals surface area contributed by atoms with Crippen molar-refractivity contribution in [3.63, 3.8) is 0 Å². The van der Waals surface area contributed by atoms with E-state index in [-0.39, 0.29) is 5.60 Å². The van der Waals surface area contributed by atoms with Gasteiger partial charge in [-0.2, -0.15) is 0 Å². The second-order valence-electron chi connectivity index (χ2n) is 6.29. The first-order chi connectivity index (χ1) is 10.7. The Hall–Kier alpha value is -1.70. The molecule has 2 heterocycles. The van der Waals surface area contributed by atoms with Crippen molar-refractivity contribution < 1.29 is 24.5 Å². The molecule has 1 aromatic heterocycles. The van der Waals surface area contributed by atoms with Crippen molar-refractivity contribution in [2.45, 2.75) is 44.5 Å². The first-order valence-electron chi connectivity index (χ1n) is 7.47. The summed E-state index contributed by atoms with van der Waals surface area (Å²) in [7, 11) is 1.52. The molecule has 3 N–H and O–H groups in total. The molecule has 0 amide bonds. The van der Waals surface area contributed by atoms with Crippen molar-refractivity contribution in [3.05, 3.63) is 23.9 Å². The molecule has 0 saturated carbocycles.